The van der Waals surface area contributed by atoms with E-state index in [-0.39, 0.29) is 11.9 Å². The lowest BCUT2D eigenvalue weighted by molar-refractivity contribution is -0.122. The van der Waals surface area contributed by atoms with Gasteiger partial charge in [0.05, 0.1) is 12.6 Å². The first kappa shape index (κ1) is 12.5. The standard InChI is InChI=1S/C15H20N2O2/c18-15(9-11-5-7-16-10-11)17-13-6-8-19-14-4-2-1-3-12(13)14/h1-4,11,13,16H,5-10H2,(H,17,18). The van der Waals surface area contributed by atoms with Crippen LogP contribution < -0.4 is 15.4 Å². The van der Waals surface area contributed by atoms with Crippen LogP contribution in [-0.4, -0.2) is 25.6 Å². The Bertz CT molecular complexity index is 455. The number of amides is 1. The van der Waals surface area contributed by atoms with E-state index in [1.807, 2.05) is 24.3 Å². The van der Waals surface area contributed by atoms with Crippen molar-refractivity contribution in [2.45, 2.75) is 25.3 Å². The van der Waals surface area contributed by atoms with E-state index >= 15 is 0 Å². The van der Waals surface area contributed by atoms with Gasteiger partial charge in [-0.1, -0.05) is 18.2 Å². The third-order valence-electron chi connectivity index (χ3n) is 3.93. The molecule has 0 radical (unpaired) electrons. The average Bonchev–Trinajstić information content (AvgIpc) is 2.92. The Kier molecular flexibility index (Phi) is 3.69. The number of ether oxygens (including phenoxy) is 1. The van der Waals surface area contributed by atoms with Gasteiger partial charge in [-0.05, 0) is 31.5 Å². The molecule has 102 valence electrons. The summed E-state index contributed by atoms with van der Waals surface area (Å²) in [4.78, 5) is 12.1. The molecule has 2 unspecified atom stereocenters. The van der Waals surface area contributed by atoms with E-state index in [4.69, 9.17) is 4.74 Å². The minimum atomic E-state index is 0.104. The average molecular weight is 260 g/mol. The molecule has 19 heavy (non-hydrogen) atoms. The molecule has 2 atom stereocenters. The van der Waals surface area contributed by atoms with Crippen molar-refractivity contribution in [3.05, 3.63) is 29.8 Å². The summed E-state index contributed by atoms with van der Waals surface area (Å²) in [6, 6.07) is 8.07. The van der Waals surface area contributed by atoms with Gasteiger partial charge in [0.15, 0.2) is 0 Å². The molecule has 2 heterocycles. The van der Waals surface area contributed by atoms with Crippen LogP contribution in [0.25, 0.3) is 0 Å². The minimum Gasteiger partial charge on any atom is -0.493 e. The summed E-state index contributed by atoms with van der Waals surface area (Å²) in [6.45, 7) is 2.68. The van der Waals surface area contributed by atoms with Gasteiger partial charge in [-0.3, -0.25) is 4.79 Å². The molecular formula is C15H20N2O2. The third kappa shape index (κ3) is 2.89. The summed E-state index contributed by atoms with van der Waals surface area (Å²) < 4.78 is 5.61. The van der Waals surface area contributed by atoms with Crippen molar-refractivity contribution >= 4 is 5.91 Å². The minimum absolute atomic E-state index is 0.104. The highest BCUT2D eigenvalue weighted by atomic mass is 16.5. The van der Waals surface area contributed by atoms with Crippen molar-refractivity contribution in [3.8, 4) is 5.75 Å². The Hall–Kier alpha value is -1.55. The number of hydrogen-bond acceptors (Lipinski definition) is 3. The van der Waals surface area contributed by atoms with Gasteiger partial charge in [0.1, 0.15) is 5.75 Å². The second kappa shape index (κ2) is 5.61. The van der Waals surface area contributed by atoms with Crippen LogP contribution in [-0.2, 0) is 4.79 Å². The van der Waals surface area contributed by atoms with Crippen LogP contribution in [0.15, 0.2) is 24.3 Å². The van der Waals surface area contributed by atoms with Gasteiger partial charge in [0, 0.05) is 18.4 Å². The fourth-order valence-electron chi connectivity index (χ4n) is 2.90. The van der Waals surface area contributed by atoms with E-state index in [2.05, 4.69) is 10.6 Å². The predicted molar refractivity (Wildman–Crippen MR) is 73.0 cm³/mol. The normalized spacial score (nSPS) is 25.5. The molecule has 3 rings (SSSR count). The molecule has 4 nitrogen and oxygen atoms in total. The fourth-order valence-corrected chi connectivity index (χ4v) is 2.90. The van der Waals surface area contributed by atoms with Crippen LogP contribution >= 0.6 is 0 Å². The molecule has 0 bridgehead atoms. The molecule has 2 N–H and O–H groups in total. The Labute approximate surface area is 113 Å². The Balaban J connectivity index is 1.62. The van der Waals surface area contributed by atoms with Crippen LogP contribution in [0.1, 0.15) is 30.9 Å². The molecule has 1 fully saturated rings. The Morgan fingerprint density at radius 3 is 3.11 bits per heavy atom. The Morgan fingerprint density at radius 1 is 1.37 bits per heavy atom. The molecule has 1 amide bonds. The maximum Gasteiger partial charge on any atom is 0.220 e. The molecule has 1 aromatic rings. The second-order valence-electron chi connectivity index (χ2n) is 5.36. The van der Waals surface area contributed by atoms with Crippen LogP contribution in [0.3, 0.4) is 0 Å². The molecule has 2 aliphatic heterocycles. The van der Waals surface area contributed by atoms with Crippen molar-refractivity contribution in [1.29, 1.82) is 0 Å². The van der Waals surface area contributed by atoms with Gasteiger partial charge in [-0.2, -0.15) is 0 Å². The van der Waals surface area contributed by atoms with E-state index in [9.17, 15) is 4.79 Å². The molecule has 0 aromatic heterocycles. The first-order valence-electron chi connectivity index (χ1n) is 7.05. The van der Waals surface area contributed by atoms with Gasteiger partial charge in [-0.15, -0.1) is 0 Å². The predicted octanol–water partition coefficient (Wildman–Crippen LogP) is 1.63. The van der Waals surface area contributed by atoms with Gasteiger partial charge in [0.2, 0.25) is 5.91 Å². The monoisotopic (exact) mass is 260 g/mol. The molecule has 0 saturated carbocycles. The van der Waals surface area contributed by atoms with Crippen molar-refractivity contribution < 1.29 is 9.53 Å². The lowest BCUT2D eigenvalue weighted by Crippen LogP contribution is -2.33. The van der Waals surface area contributed by atoms with Crippen LogP contribution in [0.5, 0.6) is 5.75 Å². The topological polar surface area (TPSA) is 50.4 Å². The quantitative estimate of drug-likeness (QED) is 0.868. The highest BCUT2D eigenvalue weighted by Gasteiger charge is 2.24. The van der Waals surface area contributed by atoms with Crippen molar-refractivity contribution in [1.82, 2.24) is 10.6 Å². The van der Waals surface area contributed by atoms with Crippen molar-refractivity contribution in [2.24, 2.45) is 5.92 Å². The third-order valence-corrected chi connectivity index (χ3v) is 3.93. The highest BCUT2D eigenvalue weighted by molar-refractivity contribution is 5.77. The largest absolute Gasteiger partial charge is 0.493 e. The number of para-hydroxylation sites is 1. The summed E-state index contributed by atoms with van der Waals surface area (Å²) in [5.74, 6) is 1.56. The maximum absolute atomic E-state index is 12.1. The summed E-state index contributed by atoms with van der Waals surface area (Å²) >= 11 is 0. The van der Waals surface area contributed by atoms with E-state index in [0.717, 1.165) is 37.2 Å². The number of nitrogens with one attached hydrogen (secondary N) is 2. The van der Waals surface area contributed by atoms with Gasteiger partial charge >= 0.3 is 0 Å². The number of benzene rings is 1. The number of hydrogen-bond donors (Lipinski definition) is 2. The van der Waals surface area contributed by atoms with E-state index < -0.39 is 0 Å². The molecule has 1 saturated heterocycles. The van der Waals surface area contributed by atoms with E-state index in [1.165, 1.54) is 0 Å². The number of carbonyl (C=O) groups is 1. The lowest BCUT2D eigenvalue weighted by atomic mass is 9.99. The molecular weight excluding hydrogens is 240 g/mol. The van der Waals surface area contributed by atoms with Crippen molar-refractivity contribution in [2.75, 3.05) is 19.7 Å². The zero-order valence-corrected chi connectivity index (χ0v) is 11.0. The summed E-state index contributed by atoms with van der Waals surface area (Å²) in [7, 11) is 0. The summed E-state index contributed by atoms with van der Waals surface area (Å²) in [6.07, 6.45) is 2.59. The fraction of sp³-hybridized carbons (Fsp3) is 0.533. The van der Waals surface area contributed by atoms with E-state index in [1.54, 1.807) is 0 Å². The smallest absolute Gasteiger partial charge is 0.220 e. The number of carbonyl (C=O) groups excluding carboxylic acids is 1. The molecule has 0 aliphatic carbocycles. The Morgan fingerprint density at radius 2 is 2.26 bits per heavy atom. The SMILES string of the molecule is O=C(CC1CCNC1)NC1CCOc2ccccc21. The first-order valence-corrected chi connectivity index (χ1v) is 7.05. The number of rotatable bonds is 3. The highest BCUT2D eigenvalue weighted by Crippen LogP contribution is 2.31. The number of fused-ring (bicyclic) bond motifs is 1. The zero-order chi connectivity index (χ0) is 13.1. The van der Waals surface area contributed by atoms with Gasteiger partial charge in [-0.25, -0.2) is 0 Å². The maximum atomic E-state index is 12.1. The van der Waals surface area contributed by atoms with Crippen LogP contribution in [0.2, 0.25) is 0 Å². The zero-order valence-electron chi connectivity index (χ0n) is 11.0. The molecule has 0 spiro atoms. The lowest BCUT2D eigenvalue weighted by Gasteiger charge is -2.27. The van der Waals surface area contributed by atoms with Gasteiger partial charge in [0.25, 0.3) is 0 Å². The van der Waals surface area contributed by atoms with Crippen LogP contribution in [0.4, 0.5) is 0 Å². The van der Waals surface area contributed by atoms with Crippen molar-refractivity contribution in [3.63, 3.8) is 0 Å². The van der Waals surface area contributed by atoms with Crippen LogP contribution in [0, 0.1) is 5.92 Å². The first-order chi connectivity index (χ1) is 9.33. The summed E-state index contributed by atoms with van der Waals surface area (Å²) in [5.41, 5.74) is 1.10. The molecule has 4 heteroatoms. The molecule has 2 aliphatic rings. The summed E-state index contributed by atoms with van der Waals surface area (Å²) in [5, 5.41) is 6.45. The molecule has 1 aromatic carbocycles. The van der Waals surface area contributed by atoms with E-state index in [0.29, 0.717) is 18.9 Å². The second-order valence-corrected chi connectivity index (χ2v) is 5.36. The van der Waals surface area contributed by atoms with Gasteiger partial charge < -0.3 is 15.4 Å².